The quantitative estimate of drug-likeness (QED) is 0.706. The fraction of sp³-hybridized carbons (Fsp3) is 0.500. The van der Waals surface area contributed by atoms with Crippen LogP contribution in [-0.2, 0) is 15.0 Å². The maximum Gasteiger partial charge on any atom is 0.226 e. The molecule has 2 rings (SSSR count). The summed E-state index contributed by atoms with van der Waals surface area (Å²) in [5, 5.41) is 10.5. The summed E-state index contributed by atoms with van der Waals surface area (Å²) < 4.78 is 6.92. The number of anilines is 1. The fourth-order valence-corrected chi connectivity index (χ4v) is 2.64. The molecule has 2 N–H and O–H groups in total. The van der Waals surface area contributed by atoms with E-state index in [4.69, 9.17) is 4.74 Å². The van der Waals surface area contributed by atoms with Crippen LogP contribution in [0.15, 0.2) is 30.3 Å². The van der Waals surface area contributed by atoms with E-state index in [1.807, 2.05) is 44.2 Å². The summed E-state index contributed by atoms with van der Waals surface area (Å²) in [4.78, 5) is 24.4. The molecule has 0 saturated carbocycles. The number of carbonyl (C=O) groups is 2. The molecule has 0 spiro atoms. The number of methoxy groups -OCH3 is 1. The Balaban J connectivity index is 2.16. The highest BCUT2D eigenvalue weighted by Gasteiger charge is 2.21. The Hall–Kier alpha value is -2.83. The van der Waals surface area contributed by atoms with E-state index >= 15 is 0 Å². The number of rotatable bonds is 8. The number of nitrogens with one attached hydrogen (secondary N) is 2. The van der Waals surface area contributed by atoms with Gasteiger partial charge in [0.05, 0.1) is 18.5 Å². The van der Waals surface area contributed by atoms with E-state index in [1.165, 1.54) is 0 Å². The first-order chi connectivity index (χ1) is 13.6. The average molecular weight is 401 g/mol. The van der Waals surface area contributed by atoms with Crippen molar-refractivity contribution in [3.63, 3.8) is 0 Å². The van der Waals surface area contributed by atoms with Crippen molar-refractivity contribution in [3.05, 3.63) is 36.0 Å². The molecule has 1 aromatic carbocycles. The molecule has 1 atom stereocenters. The topological polar surface area (TPSA) is 85.3 Å². The molecular formula is C22H32N4O3. The van der Waals surface area contributed by atoms with Gasteiger partial charge in [-0.05, 0) is 37.6 Å². The number of hydrogen-bond acceptors (Lipinski definition) is 4. The first kappa shape index (κ1) is 22.5. The number of amides is 2. The molecule has 1 aromatic heterocycles. The predicted octanol–water partition coefficient (Wildman–Crippen LogP) is 3.81. The Morgan fingerprint density at radius 2 is 1.76 bits per heavy atom. The highest BCUT2D eigenvalue weighted by molar-refractivity contribution is 5.92. The lowest BCUT2D eigenvalue weighted by Crippen LogP contribution is -2.32. The summed E-state index contributed by atoms with van der Waals surface area (Å²) in [7, 11) is 1.61. The van der Waals surface area contributed by atoms with E-state index < -0.39 is 0 Å². The molecule has 2 amide bonds. The minimum Gasteiger partial charge on any atom is -0.497 e. The van der Waals surface area contributed by atoms with E-state index in [0.717, 1.165) is 23.6 Å². The SMILES string of the molecule is CCC(C)NC(=O)CCC(=O)Nc1cc(C(C)(C)C)nn1-c1ccc(OC)cc1. The van der Waals surface area contributed by atoms with Crippen LogP contribution in [0.25, 0.3) is 5.69 Å². The summed E-state index contributed by atoms with van der Waals surface area (Å²) in [6.07, 6.45) is 1.12. The molecule has 1 unspecified atom stereocenters. The van der Waals surface area contributed by atoms with Crippen LogP contribution in [0.5, 0.6) is 5.75 Å². The molecule has 158 valence electrons. The van der Waals surface area contributed by atoms with E-state index in [9.17, 15) is 9.59 Å². The number of hydrogen-bond donors (Lipinski definition) is 2. The largest absolute Gasteiger partial charge is 0.497 e. The Bertz CT molecular complexity index is 835. The lowest BCUT2D eigenvalue weighted by Gasteiger charge is -2.14. The van der Waals surface area contributed by atoms with E-state index in [0.29, 0.717) is 5.82 Å². The molecule has 0 bridgehead atoms. The smallest absolute Gasteiger partial charge is 0.226 e. The van der Waals surface area contributed by atoms with Crippen LogP contribution in [-0.4, -0.2) is 34.7 Å². The van der Waals surface area contributed by atoms with E-state index in [1.54, 1.807) is 11.8 Å². The average Bonchev–Trinajstić information content (AvgIpc) is 3.10. The van der Waals surface area contributed by atoms with Gasteiger partial charge < -0.3 is 15.4 Å². The molecule has 7 nitrogen and oxygen atoms in total. The standard InChI is InChI=1S/C22H32N4O3/c1-7-15(2)23-20(27)12-13-21(28)24-19-14-18(22(3,4)5)25-26(19)16-8-10-17(29-6)11-9-16/h8-11,14-15H,7,12-13H2,1-6H3,(H,23,27)(H,24,28). The van der Waals surface area contributed by atoms with Crippen LogP contribution in [0.4, 0.5) is 5.82 Å². The van der Waals surface area contributed by atoms with Gasteiger partial charge in [-0.15, -0.1) is 0 Å². The molecule has 2 aromatic rings. The summed E-state index contributed by atoms with van der Waals surface area (Å²) in [5.74, 6) is 0.982. The van der Waals surface area contributed by atoms with Crippen molar-refractivity contribution in [2.75, 3.05) is 12.4 Å². The van der Waals surface area contributed by atoms with Crippen LogP contribution in [0.1, 0.15) is 59.6 Å². The van der Waals surface area contributed by atoms with Gasteiger partial charge in [-0.2, -0.15) is 5.10 Å². The predicted molar refractivity (Wildman–Crippen MR) is 115 cm³/mol. The Labute approximate surface area is 172 Å². The van der Waals surface area contributed by atoms with Gasteiger partial charge >= 0.3 is 0 Å². The summed E-state index contributed by atoms with van der Waals surface area (Å²) in [5.41, 5.74) is 1.50. The number of aromatic nitrogens is 2. The zero-order valence-electron chi connectivity index (χ0n) is 18.2. The molecule has 1 heterocycles. The van der Waals surface area contributed by atoms with Gasteiger partial charge in [0.15, 0.2) is 0 Å². The second kappa shape index (κ2) is 9.58. The van der Waals surface area contributed by atoms with Crippen LogP contribution in [0.2, 0.25) is 0 Å². The first-order valence-corrected chi connectivity index (χ1v) is 9.98. The van der Waals surface area contributed by atoms with Crippen molar-refractivity contribution in [3.8, 4) is 11.4 Å². The van der Waals surface area contributed by atoms with Crippen molar-refractivity contribution in [2.24, 2.45) is 0 Å². The Kier molecular flexibility index (Phi) is 7.42. The summed E-state index contributed by atoms with van der Waals surface area (Å²) >= 11 is 0. The van der Waals surface area contributed by atoms with Gasteiger partial charge in [0.2, 0.25) is 11.8 Å². The van der Waals surface area contributed by atoms with Crippen LogP contribution >= 0.6 is 0 Å². The summed E-state index contributed by atoms with van der Waals surface area (Å²) in [6, 6.07) is 9.44. The second-order valence-corrected chi connectivity index (χ2v) is 8.20. The third-order valence-electron chi connectivity index (χ3n) is 4.66. The number of nitrogens with zero attached hydrogens (tertiary/aromatic N) is 2. The number of benzene rings is 1. The number of carbonyl (C=O) groups excluding carboxylic acids is 2. The van der Waals surface area contributed by atoms with Gasteiger partial charge in [-0.1, -0.05) is 27.7 Å². The lowest BCUT2D eigenvalue weighted by atomic mass is 9.92. The Morgan fingerprint density at radius 3 is 2.31 bits per heavy atom. The second-order valence-electron chi connectivity index (χ2n) is 8.20. The van der Waals surface area contributed by atoms with Gasteiger partial charge in [0.1, 0.15) is 11.6 Å². The highest BCUT2D eigenvalue weighted by atomic mass is 16.5. The van der Waals surface area contributed by atoms with Crippen molar-refractivity contribution in [1.29, 1.82) is 0 Å². The molecule has 0 aliphatic heterocycles. The van der Waals surface area contributed by atoms with Gasteiger partial charge in [-0.25, -0.2) is 4.68 Å². The van der Waals surface area contributed by atoms with Gasteiger partial charge in [0, 0.05) is 30.4 Å². The molecule has 0 radical (unpaired) electrons. The third-order valence-corrected chi connectivity index (χ3v) is 4.66. The number of ether oxygens (including phenoxy) is 1. The van der Waals surface area contributed by atoms with Crippen molar-refractivity contribution in [1.82, 2.24) is 15.1 Å². The fourth-order valence-electron chi connectivity index (χ4n) is 2.64. The van der Waals surface area contributed by atoms with E-state index in [2.05, 4.69) is 36.5 Å². The van der Waals surface area contributed by atoms with Gasteiger partial charge in [0.25, 0.3) is 0 Å². The molecule has 0 saturated heterocycles. The zero-order chi connectivity index (χ0) is 21.6. The normalized spacial score (nSPS) is 12.3. The molecule has 29 heavy (non-hydrogen) atoms. The minimum atomic E-state index is -0.223. The molecular weight excluding hydrogens is 368 g/mol. The molecule has 0 fully saturated rings. The molecule has 7 heteroatoms. The maximum absolute atomic E-state index is 12.5. The first-order valence-electron chi connectivity index (χ1n) is 9.98. The monoisotopic (exact) mass is 400 g/mol. The van der Waals surface area contributed by atoms with Crippen LogP contribution in [0, 0.1) is 0 Å². The third kappa shape index (κ3) is 6.34. The van der Waals surface area contributed by atoms with Gasteiger partial charge in [-0.3, -0.25) is 9.59 Å². The zero-order valence-corrected chi connectivity index (χ0v) is 18.2. The maximum atomic E-state index is 12.5. The Morgan fingerprint density at radius 1 is 1.14 bits per heavy atom. The van der Waals surface area contributed by atoms with Crippen molar-refractivity contribution < 1.29 is 14.3 Å². The van der Waals surface area contributed by atoms with Crippen molar-refractivity contribution >= 4 is 17.6 Å². The van der Waals surface area contributed by atoms with Crippen molar-refractivity contribution in [2.45, 2.75) is 65.3 Å². The highest BCUT2D eigenvalue weighted by Crippen LogP contribution is 2.27. The van der Waals surface area contributed by atoms with Crippen LogP contribution in [0.3, 0.4) is 0 Å². The van der Waals surface area contributed by atoms with E-state index in [-0.39, 0.29) is 36.1 Å². The van der Waals surface area contributed by atoms with Crippen LogP contribution < -0.4 is 15.4 Å². The molecule has 0 aliphatic rings. The lowest BCUT2D eigenvalue weighted by molar-refractivity contribution is -0.124. The minimum absolute atomic E-state index is 0.108. The molecule has 0 aliphatic carbocycles. The summed E-state index contributed by atoms with van der Waals surface area (Å²) in [6.45, 7) is 10.2.